The van der Waals surface area contributed by atoms with E-state index >= 15 is 0 Å². The minimum Gasteiger partial charge on any atom is -0.394 e. The number of thioether (sulfide) groups is 1. The summed E-state index contributed by atoms with van der Waals surface area (Å²) in [5.74, 6) is -1.77. The van der Waals surface area contributed by atoms with Crippen LogP contribution >= 0.6 is 11.8 Å². The second kappa shape index (κ2) is 9.54. The monoisotopic (exact) mass is 417 g/mol. The number of hydrogen-bond acceptors (Lipinski definition) is 8. The number of carbonyl (C=O) groups is 4. The highest BCUT2D eigenvalue weighted by Gasteiger charge is 2.43. The van der Waals surface area contributed by atoms with Crippen LogP contribution in [0, 0.1) is 0 Å². The van der Waals surface area contributed by atoms with Crippen molar-refractivity contribution >= 4 is 35.4 Å². The summed E-state index contributed by atoms with van der Waals surface area (Å²) in [6.07, 6.45) is 0.00227. The summed E-state index contributed by atoms with van der Waals surface area (Å²) >= 11 is 1.37. The standard InChI is InChI=1S/C16H27N5O6S/c1-8(23)12(17)16(27)20-4-2-3-10(20)15(26)21-7-28-6-11(21)14(25)19-9(5-22)13(18)24/h8-12,22-23H,2-7,17H2,1H3,(H2,18,24)(H,19,25)/t8-,9+,10+,11+,12+/m1/s1. The highest BCUT2D eigenvalue weighted by atomic mass is 32.2. The van der Waals surface area contributed by atoms with Gasteiger partial charge in [0.15, 0.2) is 0 Å². The van der Waals surface area contributed by atoms with Crippen LogP contribution in [-0.4, -0.2) is 98.7 Å². The average molecular weight is 417 g/mol. The molecule has 0 unspecified atom stereocenters. The van der Waals surface area contributed by atoms with Crippen LogP contribution in [0.25, 0.3) is 0 Å². The van der Waals surface area contributed by atoms with Gasteiger partial charge in [0.25, 0.3) is 0 Å². The SMILES string of the molecule is C[C@@H](O)[C@H](N)C(=O)N1CCC[C@H]1C(=O)N1CSC[C@H]1C(=O)N[C@@H](CO)C(N)=O. The van der Waals surface area contributed by atoms with E-state index in [2.05, 4.69) is 5.32 Å². The van der Waals surface area contributed by atoms with E-state index in [0.717, 1.165) is 0 Å². The molecule has 2 rings (SSSR count). The van der Waals surface area contributed by atoms with Crippen molar-refractivity contribution in [3.63, 3.8) is 0 Å². The van der Waals surface area contributed by atoms with Crippen LogP contribution in [-0.2, 0) is 19.2 Å². The number of primary amides is 1. The number of rotatable bonds is 7. The molecule has 0 aromatic rings. The maximum Gasteiger partial charge on any atom is 0.246 e. The topological polar surface area (TPSA) is 179 Å². The summed E-state index contributed by atoms with van der Waals surface area (Å²) in [7, 11) is 0. The number of nitrogens with two attached hydrogens (primary N) is 2. The molecular formula is C16H27N5O6S. The van der Waals surface area contributed by atoms with Crippen molar-refractivity contribution in [3.05, 3.63) is 0 Å². The van der Waals surface area contributed by atoms with Gasteiger partial charge >= 0.3 is 0 Å². The van der Waals surface area contributed by atoms with E-state index < -0.39 is 54.6 Å². The Balaban J connectivity index is 2.10. The summed E-state index contributed by atoms with van der Waals surface area (Å²) in [5.41, 5.74) is 10.8. The molecule has 2 aliphatic rings. The predicted molar refractivity (Wildman–Crippen MR) is 101 cm³/mol. The Labute approximate surface area is 166 Å². The number of hydrogen-bond donors (Lipinski definition) is 5. The van der Waals surface area contributed by atoms with E-state index in [0.29, 0.717) is 25.1 Å². The van der Waals surface area contributed by atoms with Crippen LogP contribution in [0.3, 0.4) is 0 Å². The van der Waals surface area contributed by atoms with Crippen molar-refractivity contribution in [2.24, 2.45) is 11.5 Å². The maximum atomic E-state index is 13.1. The molecule has 12 heteroatoms. The number of amides is 4. The van der Waals surface area contributed by atoms with Gasteiger partial charge in [0.2, 0.25) is 23.6 Å². The molecule has 0 spiro atoms. The fourth-order valence-corrected chi connectivity index (χ4v) is 4.39. The maximum absolute atomic E-state index is 13.1. The lowest BCUT2D eigenvalue weighted by atomic mass is 10.1. The van der Waals surface area contributed by atoms with Crippen LogP contribution in [0.4, 0.5) is 0 Å². The van der Waals surface area contributed by atoms with Gasteiger partial charge in [0.1, 0.15) is 24.2 Å². The van der Waals surface area contributed by atoms with Crippen molar-refractivity contribution in [2.75, 3.05) is 24.8 Å². The zero-order valence-electron chi connectivity index (χ0n) is 15.6. The first kappa shape index (κ1) is 22.4. The van der Waals surface area contributed by atoms with Gasteiger partial charge < -0.3 is 36.8 Å². The smallest absolute Gasteiger partial charge is 0.246 e. The lowest BCUT2D eigenvalue weighted by Crippen LogP contribution is -2.58. The highest BCUT2D eigenvalue weighted by Crippen LogP contribution is 2.27. The molecule has 2 saturated heterocycles. The van der Waals surface area contributed by atoms with Gasteiger partial charge in [-0.2, -0.15) is 0 Å². The third-order valence-corrected chi connectivity index (χ3v) is 5.95. The number of likely N-dealkylation sites (tertiary alicyclic amines) is 1. The summed E-state index contributed by atoms with van der Waals surface area (Å²) < 4.78 is 0. The fourth-order valence-electron chi connectivity index (χ4n) is 3.23. The quantitative estimate of drug-likeness (QED) is 0.284. The molecule has 2 aliphatic heterocycles. The minimum absolute atomic E-state index is 0.262. The molecule has 0 bridgehead atoms. The van der Waals surface area contributed by atoms with Crippen molar-refractivity contribution in [3.8, 4) is 0 Å². The van der Waals surface area contributed by atoms with Gasteiger partial charge in [-0.05, 0) is 19.8 Å². The lowest BCUT2D eigenvalue weighted by molar-refractivity contribution is -0.148. The molecule has 11 nitrogen and oxygen atoms in total. The van der Waals surface area contributed by atoms with Crippen LogP contribution < -0.4 is 16.8 Å². The fraction of sp³-hybridized carbons (Fsp3) is 0.750. The Morgan fingerprint density at radius 1 is 1.25 bits per heavy atom. The number of nitrogens with zero attached hydrogens (tertiary/aromatic N) is 2. The van der Waals surface area contributed by atoms with Crippen molar-refractivity contribution in [2.45, 2.75) is 50.0 Å². The van der Waals surface area contributed by atoms with E-state index in [9.17, 15) is 24.3 Å². The molecule has 2 heterocycles. The van der Waals surface area contributed by atoms with Crippen LogP contribution in [0.1, 0.15) is 19.8 Å². The molecule has 7 N–H and O–H groups in total. The first-order valence-corrected chi connectivity index (χ1v) is 10.2. The molecule has 4 amide bonds. The Morgan fingerprint density at radius 3 is 2.50 bits per heavy atom. The highest BCUT2D eigenvalue weighted by molar-refractivity contribution is 7.99. The molecule has 0 saturated carbocycles. The Hall–Kier alpha value is -1.89. The first-order valence-electron chi connectivity index (χ1n) is 9.02. The number of carbonyl (C=O) groups excluding carboxylic acids is 4. The normalized spacial score (nSPS) is 25.3. The third-order valence-electron chi connectivity index (χ3n) is 4.94. The summed E-state index contributed by atoms with van der Waals surface area (Å²) in [6.45, 7) is 1.11. The molecule has 0 aromatic carbocycles. The van der Waals surface area contributed by atoms with E-state index in [1.165, 1.54) is 28.5 Å². The zero-order valence-corrected chi connectivity index (χ0v) is 16.4. The zero-order chi connectivity index (χ0) is 21.0. The van der Waals surface area contributed by atoms with Gasteiger partial charge in [-0.1, -0.05) is 0 Å². The van der Waals surface area contributed by atoms with Crippen LogP contribution in [0.15, 0.2) is 0 Å². The Bertz CT molecular complexity index is 633. The molecule has 158 valence electrons. The molecular weight excluding hydrogens is 390 g/mol. The van der Waals surface area contributed by atoms with E-state index in [1.807, 2.05) is 0 Å². The summed E-state index contributed by atoms with van der Waals surface area (Å²) in [6, 6.07) is -3.95. The molecule has 28 heavy (non-hydrogen) atoms. The first-order chi connectivity index (χ1) is 13.2. The van der Waals surface area contributed by atoms with Crippen molar-refractivity contribution < 1.29 is 29.4 Å². The number of aliphatic hydroxyl groups is 2. The number of aliphatic hydroxyl groups excluding tert-OH is 2. The van der Waals surface area contributed by atoms with E-state index in [1.54, 1.807) is 0 Å². The van der Waals surface area contributed by atoms with E-state index in [4.69, 9.17) is 16.6 Å². The largest absolute Gasteiger partial charge is 0.394 e. The Morgan fingerprint density at radius 2 is 1.93 bits per heavy atom. The van der Waals surface area contributed by atoms with Crippen LogP contribution in [0.5, 0.6) is 0 Å². The summed E-state index contributed by atoms with van der Waals surface area (Å²) in [5, 5.41) is 21.1. The third kappa shape index (κ3) is 4.74. The molecule has 0 aliphatic carbocycles. The Kier molecular flexibility index (Phi) is 7.63. The minimum atomic E-state index is -1.23. The van der Waals surface area contributed by atoms with Crippen LogP contribution in [0.2, 0.25) is 0 Å². The summed E-state index contributed by atoms with van der Waals surface area (Å²) in [4.78, 5) is 52.0. The lowest BCUT2D eigenvalue weighted by Gasteiger charge is -2.32. The second-order valence-electron chi connectivity index (χ2n) is 6.93. The van der Waals surface area contributed by atoms with Crippen molar-refractivity contribution in [1.82, 2.24) is 15.1 Å². The number of nitrogens with one attached hydrogen (secondary N) is 1. The molecule has 2 fully saturated rings. The van der Waals surface area contributed by atoms with Gasteiger partial charge in [-0.25, -0.2) is 0 Å². The van der Waals surface area contributed by atoms with Gasteiger partial charge in [-0.3, -0.25) is 19.2 Å². The van der Waals surface area contributed by atoms with Crippen molar-refractivity contribution in [1.29, 1.82) is 0 Å². The molecule has 0 radical (unpaired) electrons. The van der Waals surface area contributed by atoms with E-state index in [-0.39, 0.29) is 11.8 Å². The average Bonchev–Trinajstić information content (AvgIpc) is 3.32. The second-order valence-corrected chi connectivity index (χ2v) is 7.93. The van der Waals surface area contributed by atoms with Gasteiger partial charge in [0, 0.05) is 12.3 Å². The van der Waals surface area contributed by atoms with Gasteiger partial charge in [0.05, 0.1) is 18.6 Å². The predicted octanol–water partition coefficient (Wildman–Crippen LogP) is -3.45. The molecule has 0 aromatic heterocycles. The van der Waals surface area contributed by atoms with Gasteiger partial charge in [-0.15, -0.1) is 11.8 Å². The molecule has 5 atom stereocenters.